The number of aromatic amines is 1. The van der Waals surface area contributed by atoms with Crippen molar-refractivity contribution >= 4 is 91.1 Å². The lowest BCUT2D eigenvalue weighted by atomic mass is 9.78. The molecule has 2 heterocycles. The monoisotopic (exact) mass is 938 g/mol. The number of fused-ring (bicyclic) bond motifs is 3. The van der Waals surface area contributed by atoms with Gasteiger partial charge in [0.2, 0.25) is 17.7 Å². The number of thiazole rings is 1. The van der Waals surface area contributed by atoms with Crippen molar-refractivity contribution in [3.63, 3.8) is 0 Å². The van der Waals surface area contributed by atoms with E-state index in [0.717, 1.165) is 17.4 Å². The van der Waals surface area contributed by atoms with Crippen LogP contribution in [-0.2, 0) is 39.8 Å². The minimum absolute atomic E-state index is 0.00399. The van der Waals surface area contributed by atoms with Gasteiger partial charge in [-0.25, -0.2) is 9.37 Å². The summed E-state index contributed by atoms with van der Waals surface area (Å²) < 4.78 is 55.4. The van der Waals surface area contributed by atoms with Crippen molar-refractivity contribution < 1.29 is 36.7 Å². The maximum Gasteiger partial charge on any atom is 0.418 e. The van der Waals surface area contributed by atoms with E-state index in [2.05, 4.69) is 48.5 Å². The average Bonchev–Trinajstić information content (AvgIpc) is 3.68. The molecule has 2 aromatic heterocycles. The van der Waals surface area contributed by atoms with Crippen LogP contribution >= 0.6 is 56.5 Å². The highest BCUT2D eigenvalue weighted by Crippen LogP contribution is 2.40. The summed E-state index contributed by atoms with van der Waals surface area (Å²) in [5.74, 6) is -3.26. The molecule has 10 nitrogen and oxygen atoms in total. The van der Waals surface area contributed by atoms with Gasteiger partial charge in [0.25, 0.3) is 5.91 Å². The van der Waals surface area contributed by atoms with E-state index in [1.54, 1.807) is 13.0 Å². The lowest BCUT2D eigenvalue weighted by molar-refractivity contribution is -0.136. The summed E-state index contributed by atoms with van der Waals surface area (Å²) in [6.45, 7) is 3.50. The van der Waals surface area contributed by atoms with Crippen molar-refractivity contribution in [1.29, 1.82) is 0 Å². The van der Waals surface area contributed by atoms with Crippen molar-refractivity contribution in [2.75, 3.05) is 0 Å². The third-order valence-corrected chi connectivity index (χ3v) is 10.9. The summed E-state index contributed by atoms with van der Waals surface area (Å²) in [4.78, 5) is 60.6. The molecule has 6 N–H and O–H groups in total. The van der Waals surface area contributed by atoms with Crippen molar-refractivity contribution in [2.45, 2.75) is 71.2 Å². The van der Waals surface area contributed by atoms with E-state index in [0.29, 0.717) is 16.3 Å². The summed E-state index contributed by atoms with van der Waals surface area (Å²) in [7, 11) is 0. The topological polar surface area (TPSA) is 159 Å². The molecule has 1 aliphatic carbocycles. The number of halogens is 6. The zero-order valence-electron chi connectivity index (χ0n) is 26.6. The quantitative estimate of drug-likeness (QED) is 0.0768. The number of hydrogen-bond acceptors (Lipinski definition) is 6. The van der Waals surface area contributed by atoms with Crippen molar-refractivity contribution in [2.24, 2.45) is 5.73 Å². The van der Waals surface area contributed by atoms with E-state index in [-0.39, 0.29) is 51.8 Å². The van der Waals surface area contributed by atoms with Crippen LogP contribution in [0.4, 0.5) is 17.6 Å². The Morgan fingerprint density at radius 1 is 1.06 bits per heavy atom. The van der Waals surface area contributed by atoms with Crippen molar-refractivity contribution in [1.82, 2.24) is 25.9 Å². The van der Waals surface area contributed by atoms with Gasteiger partial charge in [0.05, 0.1) is 23.5 Å². The minimum atomic E-state index is -4.64. The number of amides is 4. The van der Waals surface area contributed by atoms with Gasteiger partial charge in [-0.1, -0.05) is 89.4 Å². The number of benzene rings is 2. The molecule has 5 rings (SSSR count). The van der Waals surface area contributed by atoms with Crippen LogP contribution < -0.4 is 21.7 Å². The number of aromatic nitrogens is 2. The molecule has 50 heavy (non-hydrogen) atoms. The number of para-hydroxylation sites is 1. The molecule has 0 unspecified atom stereocenters. The standard InChI is InChI=1S/C33H32F4I2N6O4S/c1-15(38)25(43-24(46)12-17-6-3-4-9-21(17)34)29(48)45-32(31(49)44-26(16(2)39)30-42-23(14-50-30)28(40)47)11-10-22-19(13-32)18-7-5-8-20(27(18)41-22)33(35,36)37/h3-9,14-16,25-26,41H,10-13H2,1-2H3,(H2,40,47)(H,43,46)(H,44,49)(H,45,48)/t15-,16-,25+,26+,32-/m1/s1. The summed E-state index contributed by atoms with van der Waals surface area (Å²) in [6, 6.07) is 7.68. The van der Waals surface area contributed by atoms with Gasteiger partial charge in [-0.2, -0.15) is 13.2 Å². The third-order valence-electron chi connectivity index (χ3n) is 8.57. The zero-order valence-corrected chi connectivity index (χ0v) is 31.7. The smallest absolute Gasteiger partial charge is 0.364 e. The highest BCUT2D eigenvalue weighted by atomic mass is 127. The first-order valence-electron chi connectivity index (χ1n) is 15.4. The van der Waals surface area contributed by atoms with Crippen LogP contribution in [0.1, 0.15) is 64.2 Å². The fraction of sp³-hybridized carbons (Fsp3) is 0.364. The van der Waals surface area contributed by atoms with Gasteiger partial charge in [-0.05, 0) is 36.1 Å². The molecule has 4 amide bonds. The minimum Gasteiger partial charge on any atom is -0.364 e. The molecule has 0 aliphatic heterocycles. The fourth-order valence-corrected chi connectivity index (χ4v) is 8.24. The molecule has 17 heteroatoms. The molecule has 0 saturated heterocycles. The molecule has 4 aromatic rings. The molecular formula is C33H32F4I2N6O4S. The van der Waals surface area contributed by atoms with Crippen LogP contribution in [0.25, 0.3) is 10.9 Å². The van der Waals surface area contributed by atoms with Crippen LogP contribution in [-0.4, -0.2) is 53.0 Å². The number of H-pyrrole nitrogens is 1. The first kappa shape index (κ1) is 37.9. The number of hydrogen-bond donors (Lipinski definition) is 5. The molecule has 0 saturated carbocycles. The highest BCUT2D eigenvalue weighted by molar-refractivity contribution is 14.1. The molecule has 0 radical (unpaired) electrons. The van der Waals surface area contributed by atoms with Gasteiger partial charge in [0, 0.05) is 30.7 Å². The number of nitrogens with two attached hydrogens (primary N) is 1. The second-order valence-electron chi connectivity index (χ2n) is 12.1. The molecule has 1 aliphatic rings. The van der Waals surface area contributed by atoms with Gasteiger partial charge >= 0.3 is 6.18 Å². The van der Waals surface area contributed by atoms with Gasteiger partial charge in [0.1, 0.15) is 28.1 Å². The molecule has 2 aromatic carbocycles. The number of primary amides is 1. The van der Waals surface area contributed by atoms with E-state index < -0.39 is 62.7 Å². The van der Waals surface area contributed by atoms with E-state index in [1.807, 2.05) is 29.5 Å². The SMILES string of the molecule is C[C@@H](I)[C@H](NC(=O)Cc1ccccc1F)C(=O)N[C@]1(C(=O)N[C@H](c2nc(C(N)=O)cs2)[C@@H](C)I)CCc2[nH]c3c(C(F)(F)F)cccc3c2C1. The third kappa shape index (κ3) is 8.08. The van der Waals surface area contributed by atoms with E-state index in [9.17, 15) is 36.7 Å². The number of rotatable bonds is 11. The van der Waals surface area contributed by atoms with Crippen LogP contribution in [0.3, 0.4) is 0 Å². The van der Waals surface area contributed by atoms with Crippen LogP contribution in [0.5, 0.6) is 0 Å². The molecule has 266 valence electrons. The first-order valence-corrected chi connectivity index (χ1v) is 18.8. The Labute approximate surface area is 315 Å². The van der Waals surface area contributed by atoms with Crippen LogP contribution in [0, 0.1) is 5.82 Å². The lowest BCUT2D eigenvalue weighted by Gasteiger charge is -2.39. The van der Waals surface area contributed by atoms with Crippen LogP contribution in [0.15, 0.2) is 47.8 Å². The molecular weight excluding hydrogens is 906 g/mol. The van der Waals surface area contributed by atoms with E-state index >= 15 is 0 Å². The Morgan fingerprint density at radius 3 is 2.40 bits per heavy atom. The van der Waals surface area contributed by atoms with Gasteiger partial charge in [-0.15, -0.1) is 11.3 Å². The predicted octanol–water partition coefficient (Wildman–Crippen LogP) is 5.46. The fourth-order valence-electron chi connectivity index (χ4n) is 6.00. The molecule has 5 atom stereocenters. The van der Waals surface area contributed by atoms with E-state index in [4.69, 9.17) is 5.73 Å². The highest BCUT2D eigenvalue weighted by Gasteiger charge is 2.47. The first-order chi connectivity index (χ1) is 23.5. The lowest BCUT2D eigenvalue weighted by Crippen LogP contribution is -2.65. The Bertz CT molecular complexity index is 1950. The van der Waals surface area contributed by atoms with Crippen LogP contribution in [0.2, 0.25) is 0 Å². The molecule has 0 bridgehead atoms. The normalized spacial score (nSPS) is 18.4. The Balaban J connectivity index is 1.51. The van der Waals surface area contributed by atoms with Crippen molar-refractivity contribution in [3.05, 3.63) is 86.7 Å². The number of nitrogens with one attached hydrogen (secondary N) is 4. The Morgan fingerprint density at radius 2 is 1.78 bits per heavy atom. The maximum absolute atomic E-state index is 14.5. The predicted molar refractivity (Wildman–Crippen MR) is 197 cm³/mol. The van der Waals surface area contributed by atoms with Gasteiger partial charge in [0.15, 0.2) is 0 Å². The number of nitrogens with zero attached hydrogens (tertiary/aromatic N) is 1. The second kappa shape index (κ2) is 15.1. The number of carbonyl (C=O) groups is 4. The summed E-state index contributed by atoms with van der Waals surface area (Å²) in [5, 5.41) is 10.6. The molecule has 0 spiro atoms. The summed E-state index contributed by atoms with van der Waals surface area (Å²) >= 11 is 5.18. The summed E-state index contributed by atoms with van der Waals surface area (Å²) in [6.07, 6.45) is -5.01. The number of carbonyl (C=O) groups excluding carboxylic acids is 4. The number of alkyl halides is 5. The van der Waals surface area contributed by atoms with Gasteiger partial charge < -0.3 is 26.7 Å². The maximum atomic E-state index is 14.5. The zero-order chi connectivity index (χ0) is 36.5. The Kier molecular flexibility index (Phi) is 11.5. The van der Waals surface area contributed by atoms with E-state index in [1.165, 1.54) is 35.7 Å². The molecule has 0 fully saturated rings. The largest absolute Gasteiger partial charge is 0.418 e. The second-order valence-corrected chi connectivity index (χ2v) is 16.9. The summed E-state index contributed by atoms with van der Waals surface area (Å²) in [5.41, 5.74) is 3.86. The van der Waals surface area contributed by atoms with Crippen molar-refractivity contribution in [3.8, 4) is 0 Å². The Hall–Kier alpha value is -3.33. The number of aryl methyl sites for hydroxylation is 1. The average molecular weight is 939 g/mol. The van der Waals surface area contributed by atoms with Gasteiger partial charge in [-0.3, -0.25) is 19.2 Å².